The minimum Gasteiger partial charge on any atom is -0.455 e. The lowest BCUT2D eigenvalue weighted by Crippen LogP contribution is -2.29. The number of aryl methyl sites for hydroxylation is 1. The molecule has 0 aliphatic heterocycles. The Labute approximate surface area is 172 Å². The summed E-state index contributed by atoms with van der Waals surface area (Å²) in [6, 6.07) is 14.3. The van der Waals surface area contributed by atoms with Crippen molar-refractivity contribution in [1.29, 1.82) is 0 Å². The average molecular weight is 412 g/mol. The zero-order valence-electron chi connectivity index (χ0n) is 16.0. The molecule has 3 rings (SSSR count). The summed E-state index contributed by atoms with van der Waals surface area (Å²) in [5.41, 5.74) is 3.22. The van der Waals surface area contributed by atoms with Crippen LogP contribution < -0.4 is 5.32 Å². The molecule has 0 unspecified atom stereocenters. The Hall–Kier alpha value is -3.06. The van der Waals surface area contributed by atoms with Crippen molar-refractivity contribution in [2.24, 2.45) is 0 Å². The molecule has 150 valence electrons. The van der Waals surface area contributed by atoms with Crippen LogP contribution >= 0.6 is 11.3 Å². The van der Waals surface area contributed by atoms with Crippen molar-refractivity contribution in [3.8, 4) is 10.6 Å². The number of halogens is 1. The summed E-state index contributed by atoms with van der Waals surface area (Å²) >= 11 is 1.46. The number of hydrogen-bond donors (Lipinski definition) is 1. The third kappa shape index (κ3) is 5.96. The molecule has 0 aliphatic rings. The lowest BCUT2D eigenvalue weighted by molar-refractivity contribution is -0.147. The highest BCUT2D eigenvalue weighted by Gasteiger charge is 2.12. The van der Waals surface area contributed by atoms with Gasteiger partial charge in [-0.2, -0.15) is 0 Å². The van der Waals surface area contributed by atoms with Gasteiger partial charge in [0, 0.05) is 23.1 Å². The van der Waals surface area contributed by atoms with Crippen LogP contribution in [0.3, 0.4) is 0 Å². The molecule has 1 heterocycles. The number of nitrogens with one attached hydrogen (secondary N) is 1. The number of hydrogen-bond acceptors (Lipinski definition) is 5. The van der Waals surface area contributed by atoms with E-state index in [0.717, 1.165) is 17.0 Å². The van der Waals surface area contributed by atoms with Gasteiger partial charge in [-0.05, 0) is 18.1 Å². The topological polar surface area (TPSA) is 68.3 Å². The third-order valence-corrected chi connectivity index (χ3v) is 5.22. The first kappa shape index (κ1) is 20.7. The first-order chi connectivity index (χ1) is 14.0. The largest absolute Gasteiger partial charge is 0.455 e. The zero-order valence-corrected chi connectivity index (χ0v) is 16.8. The molecule has 7 heteroatoms. The van der Waals surface area contributed by atoms with Crippen LogP contribution in [-0.4, -0.2) is 23.5 Å². The van der Waals surface area contributed by atoms with E-state index in [1.54, 1.807) is 18.2 Å². The van der Waals surface area contributed by atoms with E-state index in [1.807, 2.05) is 17.5 Å². The molecule has 29 heavy (non-hydrogen) atoms. The molecule has 1 aromatic heterocycles. The van der Waals surface area contributed by atoms with Crippen molar-refractivity contribution in [3.63, 3.8) is 0 Å². The van der Waals surface area contributed by atoms with Gasteiger partial charge in [-0.25, -0.2) is 9.37 Å². The predicted octanol–water partition coefficient (Wildman–Crippen LogP) is 3.91. The fourth-order valence-corrected chi connectivity index (χ4v) is 3.46. The number of aromatic nitrogens is 1. The van der Waals surface area contributed by atoms with Crippen molar-refractivity contribution in [3.05, 3.63) is 76.5 Å². The highest BCUT2D eigenvalue weighted by molar-refractivity contribution is 7.13. The molecule has 0 fully saturated rings. The maximum absolute atomic E-state index is 13.5. The summed E-state index contributed by atoms with van der Waals surface area (Å²) in [6.07, 6.45) is 0.966. The molecule has 0 spiro atoms. The Morgan fingerprint density at radius 2 is 1.90 bits per heavy atom. The van der Waals surface area contributed by atoms with Crippen LogP contribution in [0.5, 0.6) is 0 Å². The van der Waals surface area contributed by atoms with Crippen molar-refractivity contribution in [1.82, 2.24) is 10.3 Å². The van der Waals surface area contributed by atoms with E-state index in [0.29, 0.717) is 11.3 Å². The van der Waals surface area contributed by atoms with Crippen LogP contribution in [0.1, 0.15) is 23.7 Å². The second-order valence-corrected chi connectivity index (χ2v) is 7.26. The predicted molar refractivity (Wildman–Crippen MR) is 110 cm³/mol. The summed E-state index contributed by atoms with van der Waals surface area (Å²) in [4.78, 5) is 28.2. The lowest BCUT2D eigenvalue weighted by Gasteiger charge is -2.07. The lowest BCUT2D eigenvalue weighted by atomic mass is 10.1. The standard InChI is InChI=1S/C22H21FN2O3S/c1-2-15-7-9-16(10-8-15)22-25-18(14-29-22)11-21(27)28-13-20(26)24-12-17-5-3-4-6-19(17)23/h3-10,14H,2,11-13H2,1H3,(H,24,26). The molecule has 0 atom stereocenters. The van der Waals surface area contributed by atoms with Gasteiger partial charge in [0.05, 0.1) is 12.1 Å². The monoisotopic (exact) mass is 412 g/mol. The van der Waals surface area contributed by atoms with E-state index >= 15 is 0 Å². The smallest absolute Gasteiger partial charge is 0.312 e. The first-order valence-electron chi connectivity index (χ1n) is 9.24. The fourth-order valence-electron chi connectivity index (χ4n) is 2.64. The number of nitrogens with zero attached hydrogens (tertiary/aromatic N) is 1. The summed E-state index contributed by atoms with van der Waals surface area (Å²) in [5.74, 6) is -1.42. The summed E-state index contributed by atoms with van der Waals surface area (Å²) < 4.78 is 18.5. The maximum Gasteiger partial charge on any atom is 0.312 e. The molecular formula is C22H21FN2O3S. The Morgan fingerprint density at radius 3 is 2.62 bits per heavy atom. The van der Waals surface area contributed by atoms with Gasteiger partial charge in [-0.1, -0.05) is 49.4 Å². The minimum atomic E-state index is -0.538. The van der Waals surface area contributed by atoms with Crippen molar-refractivity contribution in [2.75, 3.05) is 6.61 Å². The number of esters is 1. The van der Waals surface area contributed by atoms with Crippen LogP contribution in [0.2, 0.25) is 0 Å². The van der Waals surface area contributed by atoms with Crippen molar-refractivity contribution in [2.45, 2.75) is 26.3 Å². The average Bonchev–Trinajstić information content (AvgIpc) is 3.20. The van der Waals surface area contributed by atoms with Gasteiger partial charge in [0.25, 0.3) is 5.91 Å². The molecule has 1 amide bonds. The van der Waals surface area contributed by atoms with Crippen LogP contribution in [0.25, 0.3) is 10.6 Å². The first-order valence-corrected chi connectivity index (χ1v) is 10.1. The Balaban J connectivity index is 1.45. The number of benzene rings is 2. The number of thiazole rings is 1. The Morgan fingerprint density at radius 1 is 1.14 bits per heavy atom. The number of rotatable bonds is 8. The van der Waals surface area contributed by atoms with Gasteiger partial charge in [0.15, 0.2) is 6.61 Å². The summed E-state index contributed by atoms with van der Waals surface area (Å²) in [7, 11) is 0. The minimum absolute atomic E-state index is 0.00978. The van der Waals surface area contributed by atoms with Crippen molar-refractivity contribution >= 4 is 23.2 Å². The molecule has 0 saturated carbocycles. The summed E-state index contributed by atoms with van der Waals surface area (Å²) in [5, 5.41) is 5.16. The van der Waals surface area contributed by atoms with E-state index in [-0.39, 0.29) is 13.0 Å². The molecule has 2 aromatic carbocycles. The Kier molecular flexibility index (Phi) is 7.08. The highest BCUT2D eigenvalue weighted by atomic mass is 32.1. The molecule has 5 nitrogen and oxygen atoms in total. The molecule has 3 aromatic rings. The van der Waals surface area contributed by atoms with Crippen LogP contribution in [0.15, 0.2) is 53.9 Å². The highest BCUT2D eigenvalue weighted by Crippen LogP contribution is 2.24. The fraction of sp³-hybridized carbons (Fsp3) is 0.227. The van der Waals surface area contributed by atoms with Gasteiger partial charge in [0.2, 0.25) is 0 Å². The van der Waals surface area contributed by atoms with Crippen LogP contribution in [0.4, 0.5) is 4.39 Å². The second kappa shape index (κ2) is 9.93. The zero-order chi connectivity index (χ0) is 20.6. The van der Waals surface area contributed by atoms with Gasteiger partial charge >= 0.3 is 5.97 Å². The van der Waals surface area contributed by atoms with E-state index < -0.39 is 24.3 Å². The molecule has 0 saturated heterocycles. The molecular weight excluding hydrogens is 391 g/mol. The summed E-state index contributed by atoms with van der Waals surface area (Å²) in [6.45, 7) is 1.72. The van der Waals surface area contributed by atoms with Gasteiger partial charge in [-0.15, -0.1) is 11.3 Å². The van der Waals surface area contributed by atoms with Gasteiger partial charge in [0.1, 0.15) is 10.8 Å². The normalized spacial score (nSPS) is 10.6. The van der Waals surface area contributed by atoms with Crippen LogP contribution in [-0.2, 0) is 33.7 Å². The SMILES string of the molecule is CCc1ccc(-c2nc(CC(=O)OCC(=O)NCc3ccccc3F)cs2)cc1. The number of carbonyl (C=O) groups excluding carboxylic acids is 2. The second-order valence-electron chi connectivity index (χ2n) is 6.40. The molecule has 0 bridgehead atoms. The van der Waals surface area contributed by atoms with E-state index in [4.69, 9.17) is 4.74 Å². The van der Waals surface area contributed by atoms with E-state index in [2.05, 4.69) is 29.4 Å². The molecule has 0 aliphatic carbocycles. The molecule has 0 radical (unpaired) electrons. The van der Waals surface area contributed by atoms with Crippen molar-refractivity contribution < 1.29 is 18.7 Å². The molecule has 1 N–H and O–H groups in total. The number of amides is 1. The number of ether oxygens (including phenoxy) is 1. The van der Waals surface area contributed by atoms with Gasteiger partial charge in [-0.3, -0.25) is 9.59 Å². The number of carbonyl (C=O) groups is 2. The Bertz CT molecular complexity index is 986. The van der Waals surface area contributed by atoms with E-state index in [9.17, 15) is 14.0 Å². The van der Waals surface area contributed by atoms with Crippen LogP contribution in [0, 0.1) is 5.82 Å². The third-order valence-electron chi connectivity index (χ3n) is 4.28. The van der Waals surface area contributed by atoms with Gasteiger partial charge < -0.3 is 10.1 Å². The maximum atomic E-state index is 13.5. The quantitative estimate of drug-likeness (QED) is 0.570. The van der Waals surface area contributed by atoms with E-state index in [1.165, 1.54) is 23.0 Å².